The van der Waals surface area contributed by atoms with Gasteiger partial charge in [-0.3, -0.25) is 0 Å². The van der Waals surface area contributed by atoms with Crippen LogP contribution in [0.2, 0.25) is 0 Å². The lowest BCUT2D eigenvalue weighted by Crippen LogP contribution is -2.40. The summed E-state index contributed by atoms with van der Waals surface area (Å²) in [4.78, 5) is 10.4. The number of rotatable bonds is 2. The fourth-order valence-electron chi connectivity index (χ4n) is 2.65. The fourth-order valence-corrected chi connectivity index (χ4v) is 2.75. The van der Waals surface area contributed by atoms with E-state index in [1.54, 1.807) is 0 Å². The highest BCUT2D eigenvalue weighted by molar-refractivity contribution is 6.52. The molecule has 0 N–H and O–H groups in total. The molecule has 0 aromatic heterocycles. The third kappa shape index (κ3) is 4.33. The molecule has 3 atom stereocenters. The summed E-state index contributed by atoms with van der Waals surface area (Å²) in [5.74, 6) is 0.465. The van der Waals surface area contributed by atoms with Crippen LogP contribution in [0.1, 0.15) is 47.0 Å². The minimum atomic E-state index is -1.08. The second-order valence-electron chi connectivity index (χ2n) is 6.17. The quantitative estimate of drug-likeness (QED) is 0.560. The highest BCUT2D eigenvalue weighted by Gasteiger charge is 2.39. The number of carbonyl (C=O) groups is 1. The normalized spacial score (nSPS) is 30.4. The van der Waals surface area contributed by atoms with Crippen molar-refractivity contribution in [2.45, 2.75) is 57.9 Å². The van der Waals surface area contributed by atoms with Crippen LogP contribution in [0.4, 0.5) is 0 Å². The zero-order valence-corrected chi connectivity index (χ0v) is 12.5. The maximum atomic E-state index is 11.5. The van der Waals surface area contributed by atoms with Crippen LogP contribution in [0, 0.1) is 17.3 Å². The van der Waals surface area contributed by atoms with Crippen LogP contribution in [0.15, 0.2) is 0 Å². The number of hydrogen-bond acceptors (Lipinski definition) is 2. The monoisotopic (exact) mass is 280 g/mol. The third-order valence-corrected chi connectivity index (χ3v) is 3.97. The van der Waals surface area contributed by atoms with Gasteiger partial charge in [0.1, 0.15) is 6.10 Å². The van der Waals surface area contributed by atoms with E-state index in [1.807, 2.05) is 0 Å². The van der Waals surface area contributed by atoms with Crippen LogP contribution in [0.5, 0.6) is 0 Å². The molecule has 0 aliphatic heterocycles. The molecule has 0 saturated heterocycles. The van der Waals surface area contributed by atoms with Crippen molar-refractivity contribution in [2.75, 3.05) is 0 Å². The van der Waals surface area contributed by atoms with Crippen LogP contribution >= 0.6 is 23.2 Å². The Balaban J connectivity index is 2.72. The summed E-state index contributed by atoms with van der Waals surface area (Å²) in [6.45, 7) is 8.76. The van der Waals surface area contributed by atoms with Gasteiger partial charge in [0.25, 0.3) is 0 Å². The second kappa shape index (κ2) is 5.79. The van der Waals surface area contributed by atoms with Gasteiger partial charge in [-0.2, -0.15) is 0 Å². The van der Waals surface area contributed by atoms with E-state index in [2.05, 4.69) is 27.7 Å². The van der Waals surface area contributed by atoms with Gasteiger partial charge in [-0.05, 0) is 24.2 Å². The lowest BCUT2D eigenvalue weighted by atomic mass is 9.68. The first-order valence-electron chi connectivity index (χ1n) is 6.20. The first-order chi connectivity index (χ1) is 7.71. The molecular formula is C13H22Cl2O2. The van der Waals surface area contributed by atoms with Crippen molar-refractivity contribution in [3.05, 3.63) is 0 Å². The van der Waals surface area contributed by atoms with E-state index < -0.39 is 10.8 Å². The first-order valence-corrected chi connectivity index (χ1v) is 7.07. The fraction of sp³-hybridized carbons (Fsp3) is 0.923. The minimum absolute atomic E-state index is 0.0498. The SMILES string of the molecule is C[C@@H]1CC[C@@H](C(C)(C)C)[C@H](OC(=O)C(Cl)Cl)C1. The molecule has 1 aliphatic rings. The summed E-state index contributed by atoms with van der Waals surface area (Å²) in [6.07, 6.45) is 3.15. The van der Waals surface area contributed by atoms with Crippen molar-refractivity contribution in [2.24, 2.45) is 17.3 Å². The summed E-state index contributed by atoms with van der Waals surface area (Å²) in [7, 11) is 0. The van der Waals surface area contributed by atoms with Crippen LogP contribution in [0.25, 0.3) is 0 Å². The Bertz CT molecular complexity index is 271. The van der Waals surface area contributed by atoms with Gasteiger partial charge >= 0.3 is 5.97 Å². The number of alkyl halides is 2. The maximum absolute atomic E-state index is 11.5. The number of hydrogen-bond donors (Lipinski definition) is 0. The molecule has 0 aromatic rings. The van der Waals surface area contributed by atoms with Gasteiger partial charge in [0, 0.05) is 5.92 Å². The molecular weight excluding hydrogens is 259 g/mol. The summed E-state index contributed by atoms with van der Waals surface area (Å²) in [5, 5.41) is 0. The molecule has 0 spiro atoms. The van der Waals surface area contributed by atoms with Crippen molar-refractivity contribution in [1.29, 1.82) is 0 Å². The molecule has 0 unspecified atom stereocenters. The van der Waals surface area contributed by atoms with Gasteiger partial charge in [0.2, 0.25) is 4.84 Å². The standard InChI is InChI=1S/C13H22Cl2O2/c1-8-5-6-9(13(2,3)4)10(7-8)17-12(16)11(14)15/h8-11H,5-7H2,1-4H3/t8-,9-,10-/m1/s1. The highest BCUT2D eigenvalue weighted by atomic mass is 35.5. The van der Waals surface area contributed by atoms with Gasteiger partial charge in [0.05, 0.1) is 0 Å². The maximum Gasteiger partial charge on any atom is 0.339 e. The third-order valence-electron chi connectivity index (χ3n) is 3.61. The van der Waals surface area contributed by atoms with E-state index in [-0.39, 0.29) is 11.5 Å². The van der Waals surface area contributed by atoms with Crippen LogP contribution < -0.4 is 0 Å². The number of esters is 1. The predicted octanol–water partition coefficient (Wildman–Crippen LogP) is 4.18. The average molecular weight is 281 g/mol. The first kappa shape index (κ1) is 15.1. The van der Waals surface area contributed by atoms with E-state index in [4.69, 9.17) is 27.9 Å². The summed E-state index contributed by atoms with van der Waals surface area (Å²) in [6, 6.07) is 0. The van der Waals surface area contributed by atoms with Gasteiger partial charge in [-0.25, -0.2) is 4.79 Å². The highest BCUT2D eigenvalue weighted by Crippen LogP contribution is 2.41. The average Bonchev–Trinajstić information content (AvgIpc) is 2.15. The number of ether oxygens (including phenoxy) is 1. The van der Waals surface area contributed by atoms with Crippen LogP contribution in [-0.4, -0.2) is 16.9 Å². The van der Waals surface area contributed by atoms with Gasteiger partial charge in [-0.1, -0.05) is 57.3 Å². The van der Waals surface area contributed by atoms with Crippen molar-refractivity contribution >= 4 is 29.2 Å². The Labute approximate surface area is 114 Å². The van der Waals surface area contributed by atoms with Crippen molar-refractivity contribution in [3.8, 4) is 0 Å². The summed E-state index contributed by atoms with van der Waals surface area (Å²) < 4.78 is 5.46. The summed E-state index contributed by atoms with van der Waals surface area (Å²) >= 11 is 11.1. The molecule has 2 nitrogen and oxygen atoms in total. The zero-order chi connectivity index (χ0) is 13.2. The second-order valence-corrected chi connectivity index (χ2v) is 7.26. The lowest BCUT2D eigenvalue weighted by molar-refractivity contribution is -0.155. The predicted molar refractivity (Wildman–Crippen MR) is 71.3 cm³/mol. The Hall–Kier alpha value is 0.0500. The molecule has 0 bridgehead atoms. The van der Waals surface area contributed by atoms with E-state index >= 15 is 0 Å². The molecule has 1 fully saturated rings. The van der Waals surface area contributed by atoms with Crippen LogP contribution in [0.3, 0.4) is 0 Å². The molecule has 100 valence electrons. The zero-order valence-electron chi connectivity index (χ0n) is 11.0. The lowest BCUT2D eigenvalue weighted by Gasteiger charge is -2.41. The van der Waals surface area contributed by atoms with Crippen LogP contribution in [-0.2, 0) is 9.53 Å². The van der Waals surface area contributed by atoms with Gasteiger partial charge in [0.15, 0.2) is 0 Å². The summed E-state index contributed by atoms with van der Waals surface area (Å²) in [5.41, 5.74) is 0.138. The number of carbonyl (C=O) groups excluding carboxylic acids is 1. The van der Waals surface area contributed by atoms with Crippen molar-refractivity contribution < 1.29 is 9.53 Å². The number of halogens is 2. The van der Waals surface area contributed by atoms with Crippen molar-refractivity contribution in [1.82, 2.24) is 0 Å². The van der Waals surface area contributed by atoms with Gasteiger partial charge < -0.3 is 4.74 Å². The molecule has 0 aromatic carbocycles. The molecule has 0 heterocycles. The van der Waals surface area contributed by atoms with E-state index in [0.29, 0.717) is 11.8 Å². The smallest absolute Gasteiger partial charge is 0.339 e. The molecule has 1 saturated carbocycles. The van der Waals surface area contributed by atoms with Gasteiger partial charge in [-0.15, -0.1) is 0 Å². The molecule has 1 rings (SSSR count). The molecule has 1 aliphatic carbocycles. The minimum Gasteiger partial charge on any atom is -0.460 e. The Morgan fingerprint density at radius 3 is 2.35 bits per heavy atom. The topological polar surface area (TPSA) is 26.3 Å². The molecule has 17 heavy (non-hydrogen) atoms. The van der Waals surface area contributed by atoms with E-state index in [1.165, 1.54) is 6.42 Å². The molecule has 4 heteroatoms. The Morgan fingerprint density at radius 1 is 1.29 bits per heavy atom. The van der Waals surface area contributed by atoms with E-state index in [0.717, 1.165) is 12.8 Å². The Morgan fingerprint density at radius 2 is 1.88 bits per heavy atom. The van der Waals surface area contributed by atoms with E-state index in [9.17, 15) is 4.79 Å². The molecule has 0 amide bonds. The Kier molecular flexibility index (Phi) is 5.15. The largest absolute Gasteiger partial charge is 0.460 e. The van der Waals surface area contributed by atoms with Crippen molar-refractivity contribution in [3.63, 3.8) is 0 Å². The molecule has 0 radical (unpaired) electrons.